The predicted molar refractivity (Wildman–Crippen MR) is 98.3 cm³/mol. The fraction of sp³-hybridized carbons (Fsp3) is 0.412. The molecule has 1 atom stereocenters. The zero-order valence-electron chi connectivity index (χ0n) is 13.0. The van der Waals surface area contributed by atoms with E-state index in [1.54, 1.807) is 39.9 Å². The zero-order chi connectivity index (χ0) is 16.4. The van der Waals surface area contributed by atoms with Gasteiger partial charge in [0.2, 0.25) is 10.0 Å². The summed E-state index contributed by atoms with van der Waals surface area (Å²) in [5.41, 5.74) is 0. The maximum absolute atomic E-state index is 13.2. The van der Waals surface area contributed by atoms with Crippen LogP contribution in [0.3, 0.4) is 0 Å². The smallest absolute Gasteiger partial charge is 0.207 e. The van der Waals surface area contributed by atoms with Crippen molar-refractivity contribution in [3.63, 3.8) is 0 Å². The summed E-state index contributed by atoms with van der Waals surface area (Å²) in [5.74, 6) is 0. The van der Waals surface area contributed by atoms with Crippen molar-refractivity contribution >= 4 is 37.3 Å². The molecular weight excluding hydrogens is 394 g/mol. The van der Waals surface area contributed by atoms with Gasteiger partial charge >= 0.3 is 0 Å². The molecule has 0 radical (unpaired) electrons. The number of halogens is 1. The van der Waals surface area contributed by atoms with E-state index in [0.717, 1.165) is 35.0 Å². The maximum Gasteiger partial charge on any atom is 0.243 e. The first kappa shape index (κ1) is 17.1. The van der Waals surface area contributed by atoms with Crippen molar-refractivity contribution in [1.29, 1.82) is 0 Å². The van der Waals surface area contributed by atoms with Crippen LogP contribution < -0.4 is 0 Å². The SMILES string of the molecule is Cc1ccc(C2CCCCCN2S(=O)(=O)c2ccc(Br)cc2)s1. The molecule has 23 heavy (non-hydrogen) atoms. The van der Waals surface area contributed by atoms with Crippen molar-refractivity contribution in [1.82, 2.24) is 4.31 Å². The van der Waals surface area contributed by atoms with E-state index in [0.29, 0.717) is 11.4 Å². The minimum Gasteiger partial charge on any atom is -0.207 e. The first-order valence-corrected chi connectivity index (χ1v) is 10.9. The highest BCUT2D eigenvalue weighted by atomic mass is 79.9. The monoisotopic (exact) mass is 413 g/mol. The molecule has 0 aliphatic carbocycles. The Kier molecular flexibility index (Phi) is 5.26. The van der Waals surface area contributed by atoms with Gasteiger partial charge in [-0.2, -0.15) is 4.31 Å². The van der Waals surface area contributed by atoms with Gasteiger partial charge in [0.1, 0.15) is 0 Å². The number of hydrogen-bond acceptors (Lipinski definition) is 3. The van der Waals surface area contributed by atoms with Crippen LogP contribution in [0.25, 0.3) is 0 Å². The second kappa shape index (κ2) is 7.05. The number of rotatable bonds is 3. The standard InChI is InChI=1S/C17H20BrNO2S2/c1-13-6-11-17(22-13)16-5-3-2-4-12-19(16)23(20,21)15-9-7-14(18)8-10-15/h6-11,16H,2-5,12H2,1H3. The van der Waals surface area contributed by atoms with Gasteiger partial charge in [-0.1, -0.05) is 28.8 Å². The highest BCUT2D eigenvalue weighted by Crippen LogP contribution is 2.37. The molecule has 124 valence electrons. The van der Waals surface area contributed by atoms with Crippen LogP contribution >= 0.6 is 27.3 Å². The average Bonchev–Trinajstić information content (AvgIpc) is 2.80. The van der Waals surface area contributed by atoms with Crippen molar-refractivity contribution in [3.8, 4) is 0 Å². The third-order valence-electron chi connectivity index (χ3n) is 4.21. The van der Waals surface area contributed by atoms with Crippen molar-refractivity contribution in [3.05, 3.63) is 50.6 Å². The lowest BCUT2D eigenvalue weighted by Crippen LogP contribution is -2.34. The highest BCUT2D eigenvalue weighted by molar-refractivity contribution is 9.10. The molecule has 0 N–H and O–H groups in total. The van der Waals surface area contributed by atoms with Crippen LogP contribution in [-0.2, 0) is 10.0 Å². The summed E-state index contributed by atoms with van der Waals surface area (Å²) in [6.07, 6.45) is 3.99. The number of thiophene rings is 1. The van der Waals surface area contributed by atoms with E-state index in [4.69, 9.17) is 0 Å². The molecule has 3 nitrogen and oxygen atoms in total. The van der Waals surface area contributed by atoms with Gasteiger partial charge in [0, 0.05) is 20.8 Å². The van der Waals surface area contributed by atoms with Gasteiger partial charge in [-0.15, -0.1) is 11.3 Å². The van der Waals surface area contributed by atoms with Crippen LogP contribution in [0.15, 0.2) is 45.8 Å². The molecule has 0 amide bonds. The lowest BCUT2D eigenvalue weighted by Gasteiger charge is -2.28. The summed E-state index contributed by atoms with van der Waals surface area (Å²) in [5, 5.41) is 0. The maximum atomic E-state index is 13.2. The zero-order valence-corrected chi connectivity index (χ0v) is 16.3. The van der Waals surface area contributed by atoms with E-state index in [1.165, 1.54) is 4.88 Å². The molecule has 1 aliphatic rings. The van der Waals surface area contributed by atoms with Gasteiger partial charge in [0.05, 0.1) is 10.9 Å². The van der Waals surface area contributed by atoms with Gasteiger partial charge in [-0.05, 0) is 56.2 Å². The molecule has 1 fully saturated rings. The normalized spacial score (nSPS) is 20.3. The molecule has 1 unspecified atom stereocenters. The van der Waals surface area contributed by atoms with E-state index in [-0.39, 0.29) is 6.04 Å². The molecule has 3 rings (SSSR count). The number of aryl methyl sites for hydroxylation is 1. The Morgan fingerprint density at radius 3 is 2.48 bits per heavy atom. The van der Waals surface area contributed by atoms with Crippen LogP contribution in [0, 0.1) is 6.92 Å². The summed E-state index contributed by atoms with van der Waals surface area (Å²) >= 11 is 5.07. The Morgan fingerprint density at radius 2 is 1.83 bits per heavy atom. The molecule has 6 heteroatoms. The van der Waals surface area contributed by atoms with Crippen LogP contribution in [0.4, 0.5) is 0 Å². The molecule has 0 spiro atoms. The fourth-order valence-electron chi connectivity index (χ4n) is 3.03. The summed E-state index contributed by atoms with van der Waals surface area (Å²) in [4.78, 5) is 2.76. The van der Waals surface area contributed by atoms with Crippen LogP contribution in [0.1, 0.15) is 41.5 Å². The highest BCUT2D eigenvalue weighted by Gasteiger charge is 2.33. The summed E-state index contributed by atoms with van der Waals surface area (Å²) in [7, 11) is -3.47. The van der Waals surface area contributed by atoms with E-state index in [9.17, 15) is 8.42 Å². The predicted octanol–water partition coefficient (Wildman–Crippen LogP) is 5.13. The minimum absolute atomic E-state index is 0.0372. The molecule has 1 aliphatic heterocycles. The number of hydrogen-bond donors (Lipinski definition) is 0. The molecule has 0 saturated carbocycles. The van der Waals surface area contributed by atoms with Crippen LogP contribution in [-0.4, -0.2) is 19.3 Å². The van der Waals surface area contributed by atoms with E-state index in [1.807, 2.05) is 0 Å². The Bertz CT molecular complexity index is 768. The Morgan fingerprint density at radius 1 is 1.09 bits per heavy atom. The Hall–Kier alpha value is -0.690. The van der Waals surface area contributed by atoms with Crippen LogP contribution in [0.5, 0.6) is 0 Å². The van der Waals surface area contributed by atoms with Crippen molar-refractivity contribution in [2.24, 2.45) is 0 Å². The lowest BCUT2D eigenvalue weighted by atomic mass is 10.1. The van der Waals surface area contributed by atoms with Gasteiger partial charge in [0.15, 0.2) is 0 Å². The van der Waals surface area contributed by atoms with Crippen molar-refractivity contribution in [2.75, 3.05) is 6.54 Å². The summed E-state index contributed by atoms with van der Waals surface area (Å²) in [6.45, 7) is 2.67. The molecular formula is C17H20BrNO2S2. The Labute approximate surface area is 150 Å². The number of sulfonamides is 1. The largest absolute Gasteiger partial charge is 0.243 e. The minimum atomic E-state index is -3.47. The molecule has 1 saturated heterocycles. The topological polar surface area (TPSA) is 37.4 Å². The molecule has 1 aromatic heterocycles. The summed E-state index contributed by atoms with van der Waals surface area (Å²) in [6, 6.07) is 11.1. The first-order chi connectivity index (χ1) is 11.0. The van der Waals surface area contributed by atoms with Gasteiger partial charge < -0.3 is 0 Å². The van der Waals surface area contributed by atoms with E-state index in [2.05, 4.69) is 35.0 Å². The Balaban J connectivity index is 2.00. The summed E-state index contributed by atoms with van der Waals surface area (Å²) < 4.78 is 28.9. The van der Waals surface area contributed by atoms with Crippen molar-refractivity contribution in [2.45, 2.75) is 43.5 Å². The fourth-order valence-corrected chi connectivity index (χ4v) is 6.06. The second-order valence-electron chi connectivity index (χ2n) is 5.88. The molecule has 2 heterocycles. The van der Waals surface area contributed by atoms with Gasteiger partial charge in [0.25, 0.3) is 0 Å². The third kappa shape index (κ3) is 3.71. The quantitative estimate of drug-likeness (QED) is 0.699. The third-order valence-corrected chi connectivity index (χ3v) is 7.77. The van der Waals surface area contributed by atoms with Gasteiger partial charge in [-0.3, -0.25) is 0 Å². The van der Waals surface area contributed by atoms with Gasteiger partial charge in [-0.25, -0.2) is 8.42 Å². The van der Waals surface area contributed by atoms with Crippen molar-refractivity contribution < 1.29 is 8.42 Å². The number of benzene rings is 1. The first-order valence-electron chi connectivity index (χ1n) is 7.82. The molecule has 1 aromatic carbocycles. The average molecular weight is 414 g/mol. The number of nitrogens with zero attached hydrogens (tertiary/aromatic N) is 1. The molecule has 0 bridgehead atoms. The second-order valence-corrected chi connectivity index (χ2v) is 10.0. The lowest BCUT2D eigenvalue weighted by molar-refractivity contribution is 0.333. The van der Waals surface area contributed by atoms with E-state index < -0.39 is 10.0 Å². The van der Waals surface area contributed by atoms with Crippen LogP contribution in [0.2, 0.25) is 0 Å². The molecule has 2 aromatic rings. The van der Waals surface area contributed by atoms with E-state index >= 15 is 0 Å².